The summed E-state index contributed by atoms with van der Waals surface area (Å²) in [6, 6.07) is 10.1. The predicted octanol–water partition coefficient (Wildman–Crippen LogP) is 5.72. The molecule has 2 aromatic rings. The van der Waals surface area contributed by atoms with Crippen molar-refractivity contribution in [3.05, 3.63) is 41.6 Å². The van der Waals surface area contributed by atoms with E-state index in [1.807, 2.05) is 50.7 Å². The number of ether oxygens (including phenoxy) is 1. The summed E-state index contributed by atoms with van der Waals surface area (Å²) in [7, 11) is 0. The van der Waals surface area contributed by atoms with E-state index in [9.17, 15) is 0 Å². The summed E-state index contributed by atoms with van der Waals surface area (Å²) in [4.78, 5) is 0. The van der Waals surface area contributed by atoms with E-state index in [0.29, 0.717) is 0 Å². The number of hydrogen-bond donors (Lipinski definition) is 0. The minimum absolute atomic E-state index is 0.260. The summed E-state index contributed by atoms with van der Waals surface area (Å²) in [6.07, 6.45) is 0.535. The Morgan fingerprint density at radius 2 is 1.78 bits per heavy atom. The van der Waals surface area contributed by atoms with E-state index in [0.717, 1.165) is 28.5 Å². The Balaban J connectivity index is 0.00000127. The second-order valence-electron chi connectivity index (χ2n) is 5.45. The smallest absolute Gasteiger partial charge is 0.171 e. The fourth-order valence-electron chi connectivity index (χ4n) is 2.21. The van der Waals surface area contributed by atoms with Gasteiger partial charge in [0, 0.05) is 22.6 Å². The van der Waals surface area contributed by atoms with Crippen LogP contribution in [0.4, 0.5) is 0 Å². The van der Waals surface area contributed by atoms with Crippen molar-refractivity contribution in [2.75, 3.05) is 5.75 Å². The third kappa shape index (κ3) is 6.40. The van der Waals surface area contributed by atoms with Crippen LogP contribution < -0.4 is 0 Å². The first kappa shape index (κ1) is 19.8. The van der Waals surface area contributed by atoms with Gasteiger partial charge < -0.3 is 9.26 Å². The van der Waals surface area contributed by atoms with Crippen LogP contribution in [-0.2, 0) is 10.5 Å². The fraction of sp³-hybridized carbons (Fsp3) is 0.526. The zero-order chi connectivity index (χ0) is 17.2. The minimum Gasteiger partial charge on any atom is -0.375 e. The van der Waals surface area contributed by atoms with Gasteiger partial charge in [0.15, 0.2) is 5.76 Å². The second-order valence-corrected chi connectivity index (χ2v) is 6.48. The number of benzene rings is 1. The monoisotopic (exact) mass is 335 g/mol. The van der Waals surface area contributed by atoms with Crippen molar-refractivity contribution in [1.29, 1.82) is 0 Å². The van der Waals surface area contributed by atoms with Crippen LogP contribution in [0.5, 0.6) is 0 Å². The van der Waals surface area contributed by atoms with E-state index < -0.39 is 0 Å². The maximum atomic E-state index is 5.75. The van der Waals surface area contributed by atoms with Gasteiger partial charge in [-0.05, 0) is 27.7 Å². The molecule has 0 aliphatic rings. The maximum absolute atomic E-state index is 5.75. The van der Waals surface area contributed by atoms with Gasteiger partial charge in [0.2, 0.25) is 0 Å². The highest BCUT2D eigenvalue weighted by atomic mass is 32.2. The van der Waals surface area contributed by atoms with E-state index in [1.54, 1.807) is 0 Å². The molecule has 0 saturated carbocycles. The SMILES string of the molecule is CC.Cc1noc(-c2ccccc2)c1CSCC(C)OC(C)C. The summed E-state index contributed by atoms with van der Waals surface area (Å²) in [5, 5.41) is 4.12. The molecule has 1 atom stereocenters. The first-order valence-electron chi connectivity index (χ1n) is 8.31. The van der Waals surface area contributed by atoms with Crippen LogP contribution in [0.3, 0.4) is 0 Å². The van der Waals surface area contributed by atoms with Gasteiger partial charge in [0.25, 0.3) is 0 Å². The zero-order valence-corrected chi connectivity index (χ0v) is 15.9. The Hall–Kier alpha value is -1.26. The van der Waals surface area contributed by atoms with Crippen LogP contribution in [0.1, 0.15) is 45.9 Å². The molecule has 2 rings (SSSR count). The number of nitrogens with zero attached hydrogens (tertiary/aromatic N) is 1. The summed E-state index contributed by atoms with van der Waals surface area (Å²) in [5.74, 6) is 2.75. The molecule has 23 heavy (non-hydrogen) atoms. The summed E-state index contributed by atoms with van der Waals surface area (Å²) in [6.45, 7) is 12.3. The van der Waals surface area contributed by atoms with E-state index in [1.165, 1.54) is 5.56 Å². The van der Waals surface area contributed by atoms with Gasteiger partial charge in [-0.3, -0.25) is 0 Å². The maximum Gasteiger partial charge on any atom is 0.171 e. The molecule has 3 nitrogen and oxygen atoms in total. The molecule has 1 unspecified atom stereocenters. The predicted molar refractivity (Wildman–Crippen MR) is 99.9 cm³/mol. The molecule has 1 aromatic heterocycles. The molecule has 0 aliphatic carbocycles. The lowest BCUT2D eigenvalue weighted by atomic mass is 10.1. The molecular formula is C19H29NO2S. The number of aryl methyl sites for hydroxylation is 1. The van der Waals surface area contributed by atoms with Crippen molar-refractivity contribution in [3.63, 3.8) is 0 Å². The largest absolute Gasteiger partial charge is 0.375 e. The van der Waals surface area contributed by atoms with Gasteiger partial charge in [-0.15, -0.1) is 0 Å². The number of hydrogen-bond acceptors (Lipinski definition) is 4. The topological polar surface area (TPSA) is 35.3 Å². The minimum atomic E-state index is 0.260. The molecule has 0 aliphatic heterocycles. The molecule has 0 spiro atoms. The molecule has 0 amide bonds. The Labute approximate surface area is 144 Å². The van der Waals surface area contributed by atoms with Crippen LogP contribution in [-0.4, -0.2) is 23.1 Å². The fourth-order valence-corrected chi connectivity index (χ4v) is 3.28. The van der Waals surface area contributed by atoms with Gasteiger partial charge in [-0.1, -0.05) is 49.3 Å². The Kier molecular flexibility index (Phi) is 9.03. The van der Waals surface area contributed by atoms with Crippen LogP contribution in [0, 0.1) is 6.92 Å². The van der Waals surface area contributed by atoms with Gasteiger partial charge in [-0.2, -0.15) is 11.8 Å². The van der Waals surface area contributed by atoms with Crippen LogP contribution in [0.2, 0.25) is 0 Å². The highest BCUT2D eigenvalue weighted by Gasteiger charge is 2.15. The molecule has 1 heterocycles. The summed E-state index contributed by atoms with van der Waals surface area (Å²) >= 11 is 1.86. The van der Waals surface area contributed by atoms with E-state index >= 15 is 0 Å². The zero-order valence-electron chi connectivity index (χ0n) is 15.1. The van der Waals surface area contributed by atoms with Gasteiger partial charge >= 0.3 is 0 Å². The van der Waals surface area contributed by atoms with Crippen molar-refractivity contribution in [1.82, 2.24) is 5.16 Å². The molecular weight excluding hydrogens is 306 g/mol. The van der Waals surface area contributed by atoms with Gasteiger partial charge in [0.1, 0.15) is 0 Å². The molecule has 0 fully saturated rings. The normalized spacial score (nSPS) is 12.0. The molecule has 0 saturated heterocycles. The van der Waals surface area contributed by atoms with Crippen molar-refractivity contribution >= 4 is 11.8 Å². The number of aromatic nitrogens is 1. The number of rotatable bonds is 7. The quantitative estimate of drug-likeness (QED) is 0.648. The van der Waals surface area contributed by atoms with Crippen LogP contribution >= 0.6 is 11.8 Å². The Morgan fingerprint density at radius 3 is 2.39 bits per heavy atom. The molecule has 0 bridgehead atoms. The molecule has 4 heteroatoms. The lowest BCUT2D eigenvalue weighted by Gasteiger charge is -2.15. The Morgan fingerprint density at radius 1 is 1.13 bits per heavy atom. The van der Waals surface area contributed by atoms with Gasteiger partial charge in [0.05, 0.1) is 17.9 Å². The van der Waals surface area contributed by atoms with Crippen molar-refractivity contribution in [2.24, 2.45) is 0 Å². The third-order valence-corrected chi connectivity index (χ3v) is 4.32. The molecule has 1 aromatic carbocycles. The van der Waals surface area contributed by atoms with Crippen LogP contribution in [0.15, 0.2) is 34.9 Å². The summed E-state index contributed by atoms with van der Waals surface area (Å²) in [5.41, 5.74) is 3.24. The highest BCUT2D eigenvalue weighted by Crippen LogP contribution is 2.29. The third-order valence-electron chi connectivity index (χ3n) is 3.12. The first-order chi connectivity index (χ1) is 11.1. The second kappa shape index (κ2) is 10.5. The highest BCUT2D eigenvalue weighted by molar-refractivity contribution is 7.98. The molecule has 0 N–H and O–H groups in total. The van der Waals surface area contributed by atoms with Gasteiger partial charge in [-0.25, -0.2) is 0 Å². The lowest BCUT2D eigenvalue weighted by molar-refractivity contribution is 0.0327. The van der Waals surface area contributed by atoms with Crippen LogP contribution in [0.25, 0.3) is 11.3 Å². The van der Waals surface area contributed by atoms with E-state index in [4.69, 9.17) is 9.26 Å². The first-order valence-corrected chi connectivity index (χ1v) is 9.47. The standard InChI is InChI=1S/C17H23NO2S.C2H6/c1-12(2)19-13(3)10-21-11-16-14(4)18-20-17(16)15-8-6-5-7-9-15;1-2/h5-9,12-13H,10-11H2,1-4H3;1-2H3. The molecule has 128 valence electrons. The molecule has 0 radical (unpaired) electrons. The average molecular weight is 336 g/mol. The summed E-state index contributed by atoms with van der Waals surface area (Å²) < 4.78 is 11.3. The number of thioether (sulfide) groups is 1. The van der Waals surface area contributed by atoms with Crippen molar-refractivity contribution in [3.8, 4) is 11.3 Å². The Bertz CT molecular complexity index is 552. The van der Waals surface area contributed by atoms with E-state index in [2.05, 4.69) is 38.1 Å². The average Bonchev–Trinajstić information content (AvgIpc) is 2.91. The van der Waals surface area contributed by atoms with Crippen molar-refractivity contribution < 1.29 is 9.26 Å². The lowest BCUT2D eigenvalue weighted by Crippen LogP contribution is -2.16. The van der Waals surface area contributed by atoms with E-state index in [-0.39, 0.29) is 12.2 Å². The van der Waals surface area contributed by atoms with Crippen molar-refractivity contribution in [2.45, 2.75) is 59.5 Å².